The first-order valence-electron chi connectivity index (χ1n) is 4.28. The van der Waals surface area contributed by atoms with Crippen LogP contribution >= 0.6 is 0 Å². The van der Waals surface area contributed by atoms with Crippen LogP contribution in [0, 0.1) is 0 Å². The molecule has 0 saturated heterocycles. The Balaban J connectivity index is 3.37. The molecule has 0 aliphatic heterocycles. The van der Waals surface area contributed by atoms with Gasteiger partial charge in [-0.05, 0) is 6.07 Å². The van der Waals surface area contributed by atoms with Crippen LogP contribution in [0.15, 0.2) is 28.1 Å². The van der Waals surface area contributed by atoms with E-state index in [9.17, 15) is 9.59 Å². The van der Waals surface area contributed by atoms with Crippen molar-refractivity contribution in [2.24, 2.45) is 10.7 Å². The lowest BCUT2D eigenvalue weighted by atomic mass is 10.4. The van der Waals surface area contributed by atoms with Gasteiger partial charge in [0, 0.05) is 25.5 Å². The van der Waals surface area contributed by atoms with Crippen LogP contribution in [0.2, 0.25) is 0 Å². The molecule has 1 heterocycles. The molecule has 0 fully saturated rings. The van der Waals surface area contributed by atoms with E-state index in [2.05, 4.69) is 10.1 Å². The van der Waals surface area contributed by atoms with Crippen LogP contribution in [0.3, 0.4) is 0 Å². The summed E-state index contributed by atoms with van der Waals surface area (Å²) < 4.78 is 0.871. The molecule has 0 amide bonds. The van der Waals surface area contributed by atoms with Gasteiger partial charge in [-0.3, -0.25) is 9.79 Å². The molecule has 7 nitrogen and oxygen atoms in total. The molecule has 7 heteroatoms. The topological polar surface area (TPSA) is 111 Å². The van der Waals surface area contributed by atoms with Crippen molar-refractivity contribution in [3.05, 3.63) is 34.4 Å². The van der Waals surface area contributed by atoms with Crippen LogP contribution in [-0.4, -0.2) is 34.1 Å². The predicted octanol–water partition coefficient (Wildman–Crippen LogP) is -0.601. The van der Waals surface area contributed by atoms with Crippen molar-refractivity contribution in [3.63, 3.8) is 0 Å². The molecule has 0 unspecified atom stereocenters. The number of carboxylic acids is 1. The van der Waals surface area contributed by atoms with Gasteiger partial charge < -0.3 is 10.8 Å². The number of carboxylic acid groups (broad SMARTS) is 1. The molecule has 0 saturated carbocycles. The number of nitrogens with two attached hydrogens (primary N) is 1. The van der Waals surface area contributed by atoms with E-state index in [4.69, 9.17) is 10.8 Å². The van der Waals surface area contributed by atoms with E-state index in [1.165, 1.54) is 13.3 Å². The van der Waals surface area contributed by atoms with Crippen LogP contribution in [0.4, 0.5) is 0 Å². The highest BCUT2D eigenvalue weighted by Crippen LogP contribution is 1.96. The standard InChI is InChI=1S/C9H10N4O3/c1-11-5-6(4-10)13-8(14)3-2-7(12-13)9(15)16/h2-5H,10H2,1H3,(H,15,16). The van der Waals surface area contributed by atoms with Crippen LogP contribution in [0.1, 0.15) is 10.5 Å². The Hall–Kier alpha value is -2.44. The van der Waals surface area contributed by atoms with E-state index in [1.807, 2.05) is 0 Å². The zero-order chi connectivity index (χ0) is 12.1. The van der Waals surface area contributed by atoms with Gasteiger partial charge in [0.25, 0.3) is 5.56 Å². The highest BCUT2D eigenvalue weighted by Gasteiger charge is 2.08. The Kier molecular flexibility index (Phi) is 3.54. The van der Waals surface area contributed by atoms with Crippen molar-refractivity contribution in [1.82, 2.24) is 9.78 Å². The number of nitrogens with zero attached hydrogens (tertiary/aromatic N) is 3. The van der Waals surface area contributed by atoms with Crippen molar-refractivity contribution in [2.45, 2.75) is 0 Å². The molecule has 0 spiro atoms. The Morgan fingerprint density at radius 2 is 2.31 bits per heavy atom. The number of allylic oxidation sites excluding steroid dienone is 1. The molecular formula is C9H10N4O3. The maximum absolute atomic E-state index is 11.4. The fourth-order valence-corrected chi connectivity index (χ4v) is 1.01. The number of aromatic nitrogens is 2. The quantitative estimate of drug-likeness (QED) is 0.663. The molecule has 0 aliphatic carbocycles. The Morgan fingerprint density at radius 3 is 2.81 bits per heavy atom. The van der Waals surface area contributed by atoms with Gasteiger partial charge in [-0.2, -0.15) is 9.78 Å². The number of aliphatic imine (C=N–C) groups is 1. The molecule has 0 radical (unpaired) electrons. The van der Waals surface area contributed by atoms with Crippen molar-refractivity contribution in [2.75, 3.05) is 7.05 Å². The smallest absolute Gasteiger partial charge is 0.356 e. The Bertz CT molecular complexity index is 516. The van der Waals surface area contributed by atoms with Gasteiger partial charge in [-0.25, -0.2) is 4.79 Å². The first kappa shape index (κ1) is 11.6. The van der Waals surface area contributed by atoms with E-state index < -0.39 is 11.5 Å². The largest absolute Gasteiger partial charge is 0.476 e. The van der Waals surface area contributed by atoms with E-state index >= 15 is 0 Å². The molecule has 1 aromatic rings. The summed E-state index contributed by atoms with van der Waals surface area (Å²) in [6.07, 6.45) is 2.42. The number of carbonyl (C=O) groups is 1. The zero-order valence-corrected chi connectivity index (χ0v) is 8.49. The summed E-state index contributed by atoms with van der Waals surface area (Å²) in [5.74, 6) is -1.22. The minimum absolute atomic E-state index is 0.204. The molecule has 3 N–H and O–H groups in total. The third-order valence-electron chi connectivity index (χ3n) is 1.70. The molecule has 0 atom stereocenters. The fourth-order valence-electron chi connectivity index (χ4n) is 1.01. The van der Waals surface area contributed by atoms with Gasteiger partial charge >= 0.3 is 5.97 Å². The van der Waals surface area contributed by atoms with E-state index in [0.29, 0.717) is 0 Å². The number of hydrogen-bond acceptors (Lipinski definition) is 5. The number of hydrogen-bond donors (Lipinski definition) is 2. The average Bonchev–Trinajstić information content (AvgIpc) is 2.26. The second-order valence-corrected chi connectivity index (χ2v) is 2.75. The lowest BCUT2D eigenvalue weighted by Gasteiger charge is -2.03. The van der Waals surface area contributed by atoms with Crippen LogP contribution in [-0.2, 0) is 0 Å². The molecule has 16 heavy (non-hydrogen) atoms. The molecule has 0 aliphatic rings. The zero-order valence-electron chi connectivity index (χ0n) is 8.49. The van der Waals surface area contributed by atoms with E-state index in [-0.39, 0.29) is 11.4 Å². The third kappa shape index (κ3) is 2.32. The van der Waals surface area contributed by atoms with E-state index in [1.54, 1.807) is 0 Å². The predicted molar refractivity (Wildman–Crippen MR) is 58.3 cm³/mol. The first-order valence-corrected chi connectivity index (χ1v) is 4.28. The highest BCUT2D eigenvalue weighted by atomic mass is 16.4. The van der Waals surface area contributed by atoms with Crippen LogP contribution in [0.5, 0.6) is 0 Å². The maximum atomic E-state index is 11.4. The van der Waals surface area contributed by atoms with Crippen molar-refractivity contribution >= 4 is 17.9 Å². The summed E-state index contributed by atoms with van der Waals surface area (Å²) in [5, 5.41) is 12.3. The minimum Gasteiger partial charge on any atom is -0.476 e. The van der Waals surface area contributed by atoms with Gasteiger partial charge in [0.1, 0.15) is 5.70 Å². The molecule has 0 aromatic carbocycles. The van der Waals surface area contributed by atoms with Crippen molar-refractivity contribution < 1.29 is 9.90 Å². The van der Waals surface area contributed by atoms with Gasteiger partial charge in [0.2, 0.25) is 0 Å². The summed E-state index contributed by atoms with van der Waals surface area (Å²) in [7, 11) is 1.50. The second kappa shape index (κ2) is 4.87. The third-order valence-corrected chi connectivity index (χ3v) is 1.70. The van der Waals surface area contributed by atoms with Gasteiger partial charge in [-0.15, -0.1) is 0 Å². The summed E-state index contributed by atoms with van der Waals surface area (Å²) in [6.45, 7) is 0. The molecule has 1 rings (SSSR count). The molecule has 0 bridgehead atoms. The van der Waals surface area contributed by atoms with Crippen LogP contribution < -0.4 is 11.3 Å². The second-order valence-electron chi connectivity index (χ2n) is 2.75. The monoisotopic (exact) mass is 222 g/mol. The lowest BCUT2D eigenvalue weighted by Crippen LogP contribution is -2.24. The van der Waals surface area contributed by atoms with E-state index in [0.717, 1.165) is 23.0 Å². The summed E-state index contributed by atoms with van der Waals surface area (Å²) in [5.41, 5.74) is 4.76. The normalized spacial score (nSPS) is 11.9. The Morgan fingerprint density at radius 1 is 1.62 bits per heavy atom. The molecule has 84 valence electrons. The lowest BCUT2D eigenvalue weighted by molar-refractivity contribution is 0.0688. The summed E-state index contributed by atoms with van der Waals surface area (Å²) in [4.78, 5) is 25.8. The van der Waals surface area contributed by atoms with Gasteiger partial charge in [0.15, 0.2) is 5.69 Å². The first-order chi connectivity index (χ1) is 7.60. The van der Waals surface area contributed by atoms with Crippen molar-refractivity contribution in [1.29, 1.82) is 0 Å². The highest BCUT2D eigenvalue weighted by molar-refractivity contribution is 6.01. The van der Waals surface area contributed by atoms with Gasteiger partial charge in [-0.1, -0.05) is 0 Å². The fraction of sp³-hybridized carbons (Fsp3) is 0.111. The average molecular weight is 222 g/mol. The number of rotatable bonds is 3. The maximum Gasteiger partial charge on any atom is 0.356 e. The number of aromatic carboxylic acids is 1. The summed E-state index contributed by atoms with van der Waals surface area (Å²) in [6, 6.07) is 2.22. The molecular weight excluding hydrogens is 212 g/mol. The van der Waals surface area contributed by atoms with Crippen LogP contribution in [0.25, 0.3) is 5.70 Å². The SMILES string of the molecule is CN=CC(=CN)n1nc(C(=O)O)ccc1=O. The molecule has 1 aromatic heterocycles. The Labute approximate surface area is 90.5 Å². The summed E-state index contributed by atoms with van der Waals surface area (Å²) >= 11 is 0. The van der Waals surface area contributed by atoms with Crippen molar-refractivity contribution in [3.8, 4) is 0 Å². The van der Waals surface area contributed by atoms with Gasteiger partial charge in [0.05, 0.1) is 0 Å². The minimum atomic E-state index is -1.22.